The van der Waals surface area contributed by atoms with Crippen LogP contribution in [-0.4, -0.2) is 23.4 Å². The van der Waals surface area contributed by atoms with Crippen molar-refractivity contribution in [3.8, 4) is 5.75 Å². The van der Waals surface area contributed by atoms with Gasteiger partial charge in [0.05, 0.1) is 0 Å². The average Bonchev–Trinajstić information content (AvgIpc) is 2.58. The van der Waals surface area contributed by atoms with E-state index in [4.69, 9.17) is 4.74 Å². The molecule has 0 fully saturated rings. The van der Waals surface area contributed by atoms with Gasteiger partial charge < -0.3 is 4.74 Å². The van der Waals surface area contributed by atoms with Gasteiger partial charge in [0, 0.05) is 12.2 Å². The minimum atomic E-state index is -0.337. The monoisotopic (exact) mass is 203 g/mol. The van der Waals surface area contributed by atoms with Gasteiger partial charge in [-0.3, -0.25) is 9.59 Å². The molecule has 1 heterocycles. The second-order valence-electron chi connectivity index (χ2n) is 3.02. The molecule has 0 N–H and O–H groups in total. The Bertz CT molecular complexity index is 393. The number of amides is 2. The van der Waals surface area contributed by atoms with Gasteiger partial charge in [0.2, 0.25) is 0 Å². The number of para-hydroxylation sites is 1. The Hall–Kier alpha value is -2.10. The van der Waals surface area contributed by atoms with Gasteiger partial charge in [-0.2, -0.15) is 0 Å². The van der Waals surface area contributed by atoms with E-state index in [9.17, 15) is 9.59 Å². The summed E-state index contributed by atoms with van der Waals surface area (Å²) in [5.41, 5.74) is 0. The van der Waals surface area contributed by atoms with E-state index in [-0.39, 0.29) is 18.5 Å². The normalized spacial score (nSPS) is 14.8. The molecular formula is C11H9NO3. The summed E-state index contributed by atoms with van der Waals surface area (Å²) in [7, 11) is 0. The molecule has 0 saturated heterocycles. The number of benzene rings is 1. The van der Waals surface area contributed by atoms with E-state index in [1.807, 2.05) is 18.2 Å². The first-order valence-corrected chi connectivity index (χ1v) is 4.49. The summed E-state index contributed by atoms with van der Waals surface area (Å²) in [5, 5.41) is 0. The molecule has 0 radical (unpaired) electrons. The third-order valence-electron chi connectivity index (χ3n) is 2.00. The van der Waals surface area contributed by atoms with E-state index < -0.39 is 0 Å². The maximum atomic E-state index is 11.1. The summed E-state index contributed by atoms with van der Waals surface area (Å²) in [6, 6.07) is 9.03. The fourth-order valence-corrected chi connectivity index (χ4v) is 1.21. The average molecular weight is 203 g/mol. The Balaban J connectivity index is 1.95. The molecule has 0 atom stereocenters. The smallest absolute Gasteiger partial charge is 0.256 e. The van der Waals surface area contributed by atoms with Crippen LogP contribution in [0.3, 0.4) is 0 Å². The molecule has 0 saturated carbocycles. The lowest BCUT2D eigenvalue weighted by atomic mass is 10.3. The highest BCUT2D eigenvalue weighted by Gasteiger charge is 2.23. The Labute approximate surface area is 86.8 Å². The van der Waals surface area contributed by atoms with Crippen LogP contribution in [0.25, 0.3) is 0 Å². The number of carbonyl (C=O) groups is 2. The van der Waals surface area contributed by atoms with Crippen LogP contribution in [0.5, 0.6) is 5.75 Å². The van der Waals surface area contributed by atoms with Crippen LogP contribution in [-0.2, 0) is 9.59 Å². The zero-order chi connectivity index (χ0) is 10.7. The lowest BCUT2D eigenvalue weighted by Gasteiger charge is -2.14. The summed E-state index contributed by atoms with van der Waals surface area (Å²) >= 11 is 0. The first-order valence-electron chi connectivity index (χ1n) is 4.49. The van der Waals surface area contributed by atoms with Gasteiger partial charge in [-0.25, -0.2) is 4.90 Å². The van der Waals surface area contributed by atoms with Crippen molar-refractivity contribution >= 4 is 11.8 Å². The number of ether oxygens (including phenoxy) is 1. The molecule has 2 amide bonds. The van der Waals surface area contributed by atoms with E-state index in [2.05, 4.69) is 0 Å². The third kappa shape index (κ3) is 2.04. The number of imide groups is 1. The molecule has 0 aliphatic carbocycles. The molecule has 0 bridgehead atoms. The highest BCUT2D eigenvalue weighted by molar-refractivity contribution is 6.12. The number of rotatable bonds is 3. The van der Waals surface area contributed by atoms with Gasteiger partial charge in [-0.15, -0.1) is 0 Å². The van der Waals surface area contributed by atoms with Gasteiger partial charge in [0.15, 0.2) is 6.73 Å². The fourth-order valence-electron chi connectivity index (χ4n) is 1.21. The number of nitrogens with zero attached hydrogens (tertiary/aromatic N) is 1. The van der Waals surface area contributed by atoms with Gasteiger partial charge in [-0.05, 0) is 12.1 Å². The lowest BCUT2D eigenvalue weighted by Crippen LogP contribution is -2.33. The van der Waals surface area contributed by atoms with Crippen molar-refractivity contribution in [2.24, 2.45) is 0 Å². The van der Waals surface area contributed by atoms with Crippen molar-refractivity contribution in [2.45, 2.75) is 0 Å². The molecule has 2 rings (SSSR count). The van der Waals surface area contributed by atoms with Crippen LogP contribution < -0.4 is 4.74 Å². The molecule has 0 spiro atoms. The minimum absolute atomic E-state index is 0.0469. The van der Waals surface area contributed by atoms with Gasteiger partial charge in [0.25, 0.3) is 11.8 Å². The van der Waals surface area contributed by atoms with E-state index in [1.165, 1.54) is 12.2 Å². The van der Waals surface area contributed by atoms with Gasteiger partial charge in [-0.1, -0.05) is 18.2 Å². The quantitative estimate of drug-likeness (QED) is 0.687. The summed E-state index contributed by atoms with van der Waals surface area (Å²) < 4.78 is 5.28. The van der Waals surface area contributed by atoms with Crippen LogP contribution in [0.4, 0.5) is 0 Å². The van der Waals surface area contributed by atoms with Crippen LogP contribution in [0.2, 0.25) is 0 Å². The zero-order valence-electron chi connectivity index (χ0n) is 7.92. The summed E-state index contributed by atoms with van der Waals surface area (Å²) in [6.45, 7) is -0.0469. The Morgan fingerprint density at radius 3 is 2.20 bits per heavy atom. The molecular weight excluding hydrogens is 194 g/mol. The van der Waals surface area contributed by atoms with Crippen molar-refractivity contribution in [3.63, 3.8) is 0 Å². The highest BCUT2D eigenvalue weighted by atomic mass is 16.5. The standard InChI is InChI=1S/C11H9NO3/c13-10-6-7-11(14)12(10)8-15-9-4-2-1-3-5-9/h1-7H,8H2. The largest absolute Gasteiger partial charge is 0.473 e. The van der Waals surface area contributed by atoms with Crippen LogP contribution in [0, 0.1) is 0 Å². The van der Waals surface area contributed by atoms with E-state index >= 15 is 0 Å². The van der Waals surface area contributed by atoms with Gasteiger partial charge in [0.1, 0.15) is 5.75 Å². The lowest BCUT2D eigenvalue weighted by molar-refractivity contribution is -0.140. The summed E-state index contributed by atoms with van der Waals surface area (Å²) in [6.07, 6.45) is 2.47. The van der Waals surface area contributed by atoms with E-state index in [1.54, 1.807) is 12.1 Å². The fraction of sp³-hybridized carbons (Fsp3) is 0.0909. The van der Waals surface area contributed by atoms with Crippen molar-refractivity contribution in [1.82, 2.24) is 4.90 Å². The molecule has 1 aliphatic rings. The topological polar surface area (TPSA) is 46.6 Å². The highest BCUT2D eigenvalue weighted by Crippen LogP contribution is 2.10. The van der Waals surface area contributed by atoms with Gasteiger partial charge >= 0.3 is 0 Å². The second-order valence-corrected chi connectivity index (χ2v) is 3.02. The first kappa shape index (κ1) is 9.45. The SMILES string of the molecule is O=C1C=CC(=O)N1COc1ccccc1. The molecule has 4 nitrogen and oxygen atoms in total. The molecule has 4 heteroatoms. The predicted octanol–water partition coefficient (Wildman–Crippen LogP) is 0.948. The number of hydrogen-bond donors (Lipinski definition) is 0. The van der Waals surface area contributed by atoms with Crippen molar-refractivity contribution in [3.05, 3.63) is 42.5 Å². The Morgan fingerprint density at radius 1 is 1.00 bits per heavy atom. The summed E-state index contributed by atoms with van der Waals surface area (Å²) in [5.74, 6) is -0.0446. The molecule has 0 unspecified atom stereocenters. The van der Waals surface area contributed by atoms with Crippen LogP contribution in [0.15, 0.2) is 42.5 Å². The minimum Gasteiger partial charge on any atom is -0.473 e. The van der Waals surface area contributed by atoms with Crippen LogP contribution in [0.1, 0.15) is 0 Å². The van der Waals surface area contributed by atoms with E-state index in [0.717, 1.165) is 4.90 Å². The van der Waals surface area contributed by atoms with Crippen molar-refractivity contribution in [1.29, 1.82) is 0 Å². The zero-order valence-corrected chi connectivity index (χ0v) is 7.92. The number of hydrogen-bond acceptors (Lipinski definition) is 3. The molecule has 76 valence electrons. The molecule has 1 aliphatic heterocycles. The molecule has 1 aromatic rings. The molecule has 0 aromatic heterocycles. The van der Waals surface area contributed by atoms with Crippen molar-refractivity contribution in [2.75, 3.05) is 6.73 Å². The second kappa shape index (κ2) is 3.96. The van der Waals surface area contributed by atoms with Crippen molar-refractivity contribution < 1.29 is 14.3 Å². The Morgan fingerprint density at radius 2 is 1.60 bits per heavy atom. The van der Waals surface area contributed by atoms with Crippen LogP contribution >= 0.6 is 0 Å². The first-order chi connectivity index (χ1) is 7.27. The summed E-state index contributed by atoms with van der Waals surface area (Å²) in [4.78, 5) is 23.3. The maximum absolute atomic E-state index is 11.1. The third-order valence-corrected chi connectivity index (χ3v) is 2.00. The Kier molecular flexibility index (Phi) is 2.49. The molecule has 1 aromatic carbocycles. The molecule has 15 heavy (non-hydrogen) atoms. The van der Waals surface area contributed by atoms with E-state index in [0.29, 0.717) is 5.75 Å². The maximum Gasteiger partial charge on any atom is 0.256 e. The number of carbonyl (C=O) groups excluding carboxylic acids is 2. The predicted molar refractivity (Wildman–Crippen MR) is 52.9 cm³/mol.